The Balaban J connectivity index is 0.000000382. The third kappa shape index (κ3) is 9.30. The van der Waals surface area contributed by atoms with Crippen LogP contribution in [0.25, 0.3) is 22.0 Å². The van der Waals surface area contributed by atoms with E-state index in [-0.39, 0.29) is 31.6 Å². The maximum absolute atomic E-state index is 11.6. The first-order valence-corrected chi connectivity index (χ1v) is 12.7. The fraction of sp³-hybridized carbons (Fsp3) is 0.438. The molecule has 2 aromatic carbocycles. The van der Waals surface area contributed by atoms with Crippen LogP contribution in [-0.4, -0.2) is 15.9 Å². The molecule has 36 heavy (non-hydrogen) atoms. The van der Waals surface area contributed by atoms with Gasteiger partial charge in [0, 0.05) is 44.7 Å². The number of aryl methyl sites for hydroxylation is 2. The van der Waals surface area contributed by atoms with E-state index in [0.717, 1.165) is 16.8 Å². The molecule has 1 radical (unpaired) electrons. The Kier molecular flexibility index (Phi) is 12.7. The molecule has 0 aliphatic heterocycles. The van der Waals surface area contributed by atoms with Gasteiger partial charge in [0.05, 0.1) is 5.76 Å². The molecule has 1 N–H and O–H groups in total. The molecule has 0 bridgehead atoms. The Hall–Kier alpha value is -2.29. The van der Waals surface area contributed by atoms with E-state index in [1.807, 2.05) is 33.9 Å². The second-order valence-corrected chi connectivity index (χ2v) is 10.7. The van der Waals surface area contributed by atoms with Crippen molar-refractivity contribution in [2.45, 2.75) is 81.1 Å². The monoisotopic (exact) mass is 665 g/mol. The quantitative estimate of drug-likeness (QED) is 0.156. The third-order valence-electron chi connectivity index (χ3n) is 5.90. The molecule has 0 saturated heterocycles. The minimum atomic E-state index is 0. The van der Waals surface area contributed by atoms with Gasteiger partial charge in [0.2, 0.25) is 0 Å². The fourth-order valence-electron chi connectivity index (χ4n) is 4.02. The van der Waals surface area contributed by atoms with Gasteiger partial charge in [-0.2, -0.15) is 0 Å². The molecule has 3 rings (SSSR count). The van der Waals surface area contributed by atoms with E-state index in [2.05, 4.69) is 75.1 Å². The minimum Gasteiger partial charge on any atom is -0.512 e. The largest absolute Gasteiger partial charge is 0.512 e. The van der Waals surface area contributed by atoms with Gasteiger partial charge in [-0.05, 0) is 52.8 Å². The number of nitrogens with zero attached hydrogens (tertiary/aromatic N) is 1. The zero-order valence-corrected chi connectivity index (χ0v) is 25.7. The van der Waals surface area contributed by atoms with Crippen LogP contribution in [0.3, 0.4) is 0 Å². The molecule has 0 aliphatic carbocycles. The zero-order valence-electron chi connectivity index (χ0n) is 23.3. The summed E-state index contributed by atoms with van der Waals surface area (Å²) in [7, 11) is 0. The number of allylic oxidation sites excluding steroid dienone is 2. The molecule has 0 spiro atoms. The zero-order chi connectivity index (χ0) is 26.3. The molecule has 197 valence electrons. The summed E-state index contributed by atoms with van der Waals surface area (Å²) in [5.74, 6) is 1.60. The SMILES string of the molecule is C/C(C(=O)CC(C)C)=C(/O)CC(C)C.Cc1[c-]c(-c2nccc3cc(C(C)C)ccc23)cc(C)c1.[Ir]. The van der Waals surface area contributed by atoms with Crippen molar-refractivity contribution in [3.05, 3.63) is 76.7 Å². The number of Topliss-reactive ketones (excluding diaryl/α,β-unsaturated/α-hetero) is 1. The molecule has 0 atom stereocenters. The summed E-state index contributed by atoms with van der Waals surface area (Å²) in [6.45, 7) is 18.4. The summed E-state index contributed by atoms with van der Waals surface area (Å²) >= 11 is 0. The summed E-state index contributed by atoms with van der Waals surface area (Å²) in [5, 5.41) is 12.1. The van der Waals surface area contributed by atoms with Crippen LogP contribution in [-0.2, 0) is 24.9 Å². The van der Waals surface area contributed by atoms with Crippen molar-refractivity contribution >= 4 is 16.6 Å². The van der Waals surface area contributed by atoms with Crippen LogP contribution in [0.5, 0.6) is 0 Å². The first-order chi connectivity index (χ1) is 16.4. The van der Waals surface area contributed by atoms with E-state index < -0.39 is 0 Å². The average Bonchev–Trinajstić information content (AvgIpc) is 2.76. The fourth-order valence-corrected chi connectivity index (χ4v) is 4.02. The maximum atomic E-state index is 11.6. The number of pyridine rings is 1. The van der Waals surface area contributed by atoms with E-state index in [1.54, 1.807) is 6.92 Å². The summed E-state index contributed by atoms with van der Waals surface area (Å²) in [4.78, 5) is 16.2. The van der Waals surface area contributed by atoms with Gasteiger partial charge in [-0.3, -0.25) is 4.79 Å². The number of hydrogen-bond donors (Lipinski definition) is 1. The van der Waals surface area contributed by atoms with Crippen molar-refractivity contribution in [3.63, 3.8) is 0 Å². The van der Waals surface area contributed by atoms with Crippen LogP contribution < -0.4 is 0 Å². The molecule has 0 unspecified atom stereocenters. The van der Waals surface area contributed by atoms with Crippen LogP contribution in [0.15, 0.2) is 53.9 Å². The van der Waals surface area contributed by atoms with Crippen molar-refractivity contribution in [1.82, 2.24) is 4.98 Å². The Bertz CT molecular complexity index is 1170. The third-order valence-corrected chi connectivity index (χ3v) is 5.90. The van der Waals surface area contributed by atoms with E-state index in [4.69, 9.17) is 0 Å². The maximum Gasteiger partial charge on any atom is 0.162 e. The van der Waals surface area contributed by atoms with Gasteiger partial charge in [-0.1, -0.05) is 73.6 Å². The summed E-state index contributed by atoms with van der Waals surface area (Å²) in [6, 6.07) is 16.5. The molecule has 1 aromatic heterocycles. The standard InChI is InChI=1S/C20H20N.C12H22O2.Ir/c1-13(2)16-5-6-19-17(12-16)7-8-21-20(19)18-10-14(3)9-15(4)11-18;1-8(2)6-11(13)10(5)12(14)7-9(3)4;/h5-10,12-13H,1-4H3;8-9,13H,6-7H2,1-5H3;/q-1;;/b;11-10-;. The Morgan fingerprint density at radius 1 is 0.944 bits per heavy atom. The van der Waals surface area contributed by atoms with Crippen molar-refractivity contribution < 1.29 is 30.0 Å². The van der Waals surface area contributed by atoms with Gasteiger partial charge in [-0.15, -0.1) is 34.9 Å². The number of aromatic nitrogens is 1. The van der Waals surface area contributed by atoms with Crippen LogP contribution in [0.1, 0.15) is 83.9 Å². The van der Waals surface area contributed by atoms with Crippen molar-refractivity contribution in [3.8, 4) is 11.3 Å². The average molecular weight is 665 g/mol. The first-order valence-electron chi connectivity index (χ1n) is 12.7. The Morgan fingerprint density at radius 3 is 2.14 bits per heavy atom. The molecular weight excluding hydrogens is 623 g/mol. The van der Waals surface area contributed by atoms with Crippen molar-refractivity contribution in [2.24, 2.45) is 11.8 Å². The number of hydrogen-bond acceptors (Lipinski definition) is 3. The number of carbonyl (C=O) groups excluding carboxylic acids is 1. The van der Waals surface area contributed by atoms with Crippen LogP contribution in [0, 0.1) is 31.7 Å². The van der Waals surface area contributed by atoms with Crippen LogP contribution in [0.4, 0.5) is 0 Å². The van der Waals surface area contributed by atoms with E-state index in [0.29, 0.717) is 36.2 Å². The molecule has 4 heteroatoms. The number of carbonyl (C=O) groups is 1. The molecule has 3 nitrogen and oxygen atoms in total. The molecule has 1 heterocycles. The van der Waals surface area contributed by atoms with Crippen molar-refractivity contribution in [1.29, 1.82) is 0 Å². The smallest absolute Gasteiger partial charge is 0.162 e. The van der Waals surface area contributed by atoms with Gasteiger partial charge in [-0.25, -0.2) is 0 Å². The second kappa shape index (κ2) is 14.4. The topological polar surface area (TPSA) is 50.2 Å². The predicted octanol–water partition coefficient (Wildman–Crippen LogP) is 8.92. The number of aliphatic hydroxyl groups is 1. The van der Waals surface area contributed by atoms with Crippen molar-refractivity contribution in [2.75, 3.05) is 0 Å². The second-order valence-electron chi connectivity index (χ2n) is 10.7. The van der Waals surface area contributed by atoms with Gasteiger partial charge < -0.3 is 10.1 Å². The Labute approximate surface area is 231 Å². The van der Waals surface area contributed by atoms with Crippen LogP contribution >= 0.6 is 0 Å². The summed E-state index contributed by atoms with van der Waals surface area (Å²) in [5.41, 5.74) is 6.41. The van der Waals surface area contributed by atoms with Gasteiger partial charge >= 0.3 is 0 Å². The summed E-state index contributed by atoms with van der Waals surface area (Å²) < 4.78 is 0. The summed E-state index contributed by atoms with van der Waals surface area (Å²) in [6.07, 6.45) is 3.01. The van der Waals surface area contributed by atoms with E-state index >= 15 is 0 Å². The van der Waals surface area contributed by atoms with Gasteiger partial charge in [0.15, 0.2) is 5.78 Å². The number of benzene rings is 2. The normalized spacial score (nSPS) is 11.8. The molecule has 0 fully saturated rings. The minimum absolute atomic E-state index is 0. The number of fused-ring (bicyclic) bond motifs is 1. The molecule has 0 amide bonds. The molecule has 3 aromatic rings. The van der Waals surface area contributed by atoms with E-state index in [9.17, 15) is 9.90 Å². The number of rotatable bonds is 7. The van der Waals surface area contributed by atoms with Gasteiger partial charge in [0.25, 0.3) is 0 Å². The predicted molar refractivity (Wildman–Crippen MR) is 149 cm³/mol. The Morgan fingerprint density at radius 2 is 1.58 bits per heavy atom. The molecular formula is C32H42IrNO2-. The molecule has 0 aliphatic rings. The van der Waals surface area contributed by atoms with Crippen LogP contribution in [0.2, 0.25) is 0 Å². The number of aliphatic hydroxyl groups excluding tert-OH is 1. The first kappa shape index (κ1) is 31.7. The van der Waals surface area contributed by atoms with E-state index in [1.165, 1.54) is 21.9 Å². The molecule has 0 saturated carbocycles. The number of ketones is 1. The van der Waals surface area contributed by atoms with Gasteiger partial charge in [0.1, 0.15) is 0 Å².